The number of rotatable bonds is 3. The zero-order chi connectivity index (χ0) is 12.3. The van der Waals surface area contributed by atoms with Gasteiger partial charge in [0.25, 0.3) is 0 Å². The molecule has 1 atom stereocenters. The molecule has 0 aliphatic carbocycles. The number of thioether (sulfide) groups is 1. The van der Waals surface area contributed by atoms with Crippen molar-refractivity contribution in [3.63, 3.8) is 0 Å². The fourth-order valence-electron chi connectivity index (χ4n) is 1.88. The van der Waals surface area contributed by atoms with Crippen LogP contribution in [0.5, 0.6) is 0 Å². The minimum Gasteiger partial charge on any atom is -0.308 e. The molecule has 1 N–H and O–H groups in total. The minimum absolute atomic E-state index is 0.184. The van der Waals surface area contributed by atoms with Gasteiger partial charge >= 0.3 is 0 Å². The Balaban J connectivity index is 1.84. The van der Waals surface area contributed by atoms with E-state index in [1.165, 1.54) is 35.0 Å². The molecule has 96 valence electrons. The summed E-state index contributed by atoms with van der Waals surface area (Å²) in [7, 11) is 0. The summed E-state index contributed by atoms with van der Waals surface area (Å²) >= 11 is 3.85. The lowest BCUT2D eigenvalue weighted by atomic mass is 9.98. The average Bonchev–Trinajstić information content (AvgIpc) is 2.76. The first-order valence-corrected chi connectivity index (χ1v) is 8.35. The molecule has 1 aromatic rings. The fraction of sp³-hybridized carbons (Fsp3) is 0.769. The molecule has 1 fully saturated rings. The molecule has 1 saturated heterocycles. The third-order valence-electron chi connectivity index (χ3n) is 2.93. The molecule has 0 saturated carbocycles. The van der Waals surface area contributed by atoms with Crippen LogP contribution in [0.1, 0.15) is 44.3 Å². The first-order chi connectivity index (χ1) is 8.05. The average molecular weight is 270 g/mol. The van der Waals surface area contributed by atoms with Crippen molar-refractivity contribution in [2.75, 3.05) is 11.5 Å². The van der Waals surface area contributed by atoms with Gasteiger partial charge in [-0.2, -0.15) is 11.8 Å². The summed E-state index contributed by atoms with van der Waals surface area (Å²) in [5.74, 6) is 2.60. The van der Waals surface area contributed by atoms with Crippen molar-refractivity contribution in [1.82, 2.24) is 10.3 Å². The van der Waals surface area contributed by atoms with Crippen LogP contribution in [0.3, 0.4) is 0 Å². The Bertz CT molecular complexity index is 349. The maximum Gasteiger partial charge on any atom is 0.0982 e. The van der Waals surface area contributed by atoms with Crippen molar-refractivity contribution < 1.29 is 0 Å². The predicted molar refractivity (Wildman–Crippen MR) is 78.0 cm³/mol. The topological polar surface area (TPSA) is 24.9 Å². The molecule has 2 heterocycles. The Kier molecular flexibility index (Phi) is 4.50. The highest BCUT2D eigenvalue weighted by molar-refractivity contribution is 7.99. The van der Waals surface area contributed by atoms with E-state index in [1.807, 2.05) is 0 Å². The van der Waals surface area contributed by atoms with E-state index in [9.17, 15) is 0 Å². The SMILES string of the molecule is CC(C)(C)c1nc(CNC2CCCSC2)cs1. The molecule has 0 aromatic carbocycles. The molecule has 4 heteroatoms. The van der Waals surface area contributed by atoms with Crippen molar-refractivity contribution in [2.24, 2.45) is 0 Å². The number of nitrogens with one attached hydrogen (secondary N) is 1. The van der Waals surface area contributed by atoms with Crippen LogP contribution >= 0.6 is 23.1 Å². The van der Waals surface area contributed by atoms with Gasteiger partial charge in [-0.25, -0.2) is 4.98 Å². The van der Waals surface area contributed by atoms with Gasteiger partial charge in [0.15, 0.2) is 0 Å². The molecule has 0 spiro atoms. The third kappa shape index (κ3) is 3.97. The van der Waals surface area contributed by atoms with Crippen LogP contribution in [-0.4, -0.2) is 22.5 Å². The lowest BCUT2D eigenvalue weighted by molar-refractivity contribution is 0.502. The van der Waals surface area contributed by atoms with Crippen molar-refractivity contribution >= 4 is 23.1 Å². The zero-order valence-corrected chi connectivity index (χ0v) is 12.6. The van der Waals surface area contributed by atoms with Gasteiger partial charge in [0.1, 0.15) is 0 Å². The molecule has 2 rings (SSSR count). The molecule has 1 aliphatic heterocycles. The van der Waals surface area contributed by atoms with Crippen LogP contribution < -0.4 is 5.32 Å². The normalized spacial score (nSPS) is 21.7. The highest BCUT2D eigenvalue weighted by Gasteiger charge is 2.18. The molecule has 0 amide bonds. The highest BCUT2D eigenvalue weighted by Crippen LogP contribution is 2.25. The van der Waals surface area contributed by atoms with Gasteiger partial charge in [0, 0.05) is 29.1 Å². The standard InChI is InChI=1S/C13H22N2S2/c1-13(2,3)12-15-11(9-17-12)7-14-10-5-4-6-16-8-10/h9-10,14H,4-8H2,1-3H3. The summed E-state index contributed by atoms with van der Waals surface area (Å²) in [5.41, 5.74) is 1.39. The quantitative estimate of drug-likeness (QED) is 0.911. The smallest absolute Gasteiger partial charge is 0.0982 e. The highest BCUT2D eigenvalue weighted by atomic mass is 32.2. The Hall–Kier alpha value is -0.0600. The van der Waals surface area contributed by atoms with Gasteiger partial charge in [-0.1, -0.05) is 20.8 Å². The van der Waals surface area contributed by atoms with Gasteiger partial charge < -0.3 is 5.32 Å². The van der Waals surface area contributed by atoms with E-state index >= 15 is 0 Å². The van der Waals surface area contributed by atoms with Crippen molar-refractivity contribution in [1.29, 1.82) is 0 Å². The lowest BCUT2D eigenvalue weighted by Crippen LogP contribution is -2.33. The van der Waals surface area contributed by atoms with Crippen LogP contribution in [0.4, 0.5) is 0 Å². The van der Waals surface area contributed by atoms with E-state index < -0.39 is 0 Å². The monoisotopic (exact) mass is 270 g/mol. The van der Waals surface area contributed by atoms with Crippen LogP contribution in [0, 0.1) is 0 Å². The summed E-state index contributed by atoms with van der Waals surface area (Å²) < 4.78 is 0. The van der Waals surface area contributed by atoms with E-state index in [-0.39, 0.29) is 5.41 Å². The first-order valence-electron chi connectivity index (χ1n) is 6.32. The van der Waals surface area contributed by atoms with E-state index in [4.69, 9.17) is 4.98 Å². The number of nitrogens with zero attached hydrogens (tertiary/aromatic N) is 1. The molecule has 0 radical (unpaired) electrons. The van der Waals surface area contributed by atoms with Gasteiger partial charge in [-0.05, 0) is 18.6 Å². The van der Waals surface area contributed by atoms with E-state index in [0.717, 1.165) is 6.54 Å². The summed E-state index contributed by atoms with van der Waals surface area (Å²) in [6, 6.07) is 0.688. The molecular formula is C13H22N2S2. The van der Waals surface area contributed by atoms with Crippen molar-refractivity contribution in [3.05, 3.63) is 16.1 Å². The van der Waals surface area contributed by atoms with Gasteiger partial charge in [0.2, 0.25) is 0 Å². The molecule has 17 heavy (non-hydrogen) atoms. The van der Waals surface area contributed by atoms with Crippen molar-refractivity contribution in [3.8, 4) is 0 Å². The maximum atomic E-state index is 4.72. The number of thiazole rings is 1. The first kappa shape index (κ1) is 13.4. The predicted octanol–water partition coefficient (Wildman–Crippen LogP) is 3.43. The summed E-state index contributed by atoms with van der Waals surface area (Å²) in [4.78, 5) is 4.72. The third-order valence-corrected chi connectivity index (χ3v) is 5.46. The fourth-order valence-corrected chi connectivity index (χ4v) is 3.90. The largest absolute Gasteiger partial charge is 0.308 e. The second kappa shape index (κ2) is 5.72. The molecular weight excluding hydrogens is 248 g/mol. The Morgan fingerprint density at radius 1 is 1.47 bits per heavy atom. The van der Waals surface area contributed by atoms with Crippen LogP contribution in [0.15, 0.2) is 5.38 Å². The van der Waals surface area contributed by atoms with E-state index in [0.29, 0.717) is 6.04 Å². The minimum atomic E-state index is 0.184. The Labute approximate surface area is 113 Å². The summed E-state index contributed by atoms with van der Waals surface area (Å²) in [5, 5.41) is 7.07. The number of aromatic nitrogens is 1. The Morgan fingerprint density at radius 3 is 2.88 bits per heavy atom. The summed E-state index contributed by atoms with van der Waals surface area (Å²) in [6.45, 7) is 7.60. The molecule has 1 aromatic heterocycles. The van der Waals surface area contributed by atoms with Gasteiger partial charge in [-0.15, -0.1) is 11.3 Å². The lowest BCUT2D eigenvalue weighted by Gasteiger charge is -2.22. The van der Waals surface area contributed by atoms with Crippen LogP contribution in [-0.2, 0) is 12.0 Å². The second-order valence-electron chi connectivity index (χ2n) is 5.69. The zero-order valence-electron chi connectivity index (χ0n) is 11.0. The van der Waals surface area contributed by atoms with Crippen molar-refractivity contribution in [2.45, 2.75) is 51.6 Å². The number of hydrogen-bond donors (Lipinski definition) is 1. The summed E-state index contributed by atoms with van der Waals surface area (Å²) in [6.07, 6.45) is 2.68. The molecule has 2 nitrogen and oxygen atoms in total. The number of hydrogen-bond acceptors (Lipinski definition) is 4. The maximum absolute atomic E-state index is 4.72. The van der Waals surface area contributed by atoms with Gasteiger partial charge in [0.05, 0.1) is 10.7 Å². The van der Waals surface area contributed by atoms with Crippen LogP contribution in [0.25, 0.3) is 0 Å². The molecule has 0 bridgehead atoms. The molecule has 1 aliphatic rings. The molecule has 1 unspecified atom stereocenters. The van der Waals surface area contributed by atoms with Crippen LogP contribution in [0.2, 0.25) is 0 Å². The second-order valence-corrected chi connectivity index (χ2v) is 7.70. The van der Waals surface area contributed by atoms with Gasteiger partial charge in [-0.3, -0.25) is 0 Å². The van der Waals surface area contributed by atoms with E-state index in [1.54, 1.807) is 11.3 Å². The Morgan fingerprint density at radius 2 is 2.29 bits per heavy atom. The van der Waals surface area contributed by atoms with E-state index in [2.05, 4.69) is 43.2 Å².